The number of rotatable bonds is 40. The quantitative estimate of drug-likeness (QED) is 0.0266. The zero-order chi connectivity index (χ0) is 41.5. The van der Waals surface area contributed by atoms with Crippen molar-refractivity contribution >= 4 is 17.9 Å². The van der Waals surface area contributed by atoms with E-state index < -0.39 is 6.10 Å². The summed E-state index contributed by atoms with van der Waals surface area (Å²) in [6.07, 6.45) is 57.2. The summed E-state index contributed by atoms with van der Waals surface area (Å²) < 4.78 is 16.6. The SMILES string of the molecule is CC/C=C\C/C=C\CCCCCCCC(=O)OC(COC(=O)CCC/C=C\C/C=C\C/C=C\C/C=C\CCCCC)COC(=O)CCCCCC/C=C\CCCC. The molecule has 0 aromatic heterocycles. The average Bonchev–Trinajstić information content (AvgIpc) is 3.21. The molecule has 0 bridgehead atoms. The van der Waals surface area contributed by atoms with E-state index in [1.165, 1.54) is 38.5 Å². The predicted octanol–water partition coefficient (Wildman–Crippen LogP) is 14.9. The van der Waals surface area contributed by atoms with E-state index in [4.69, 9.17) is 14.2 Å². The molecule has 324 valence electrons. The Morgan fingerprint density at radius 3 is 1.21 bits per heavy atom. The highest BCUT2D eigenvalue weighted by atomic mass is 16.6. The van der Waals surface area contributed by atoms with Crippen molar-refractivity contribution in [3.8, 4) is 0 Å². The molecule has 1 atom stereocenters. The third-order valence-electron chi connectivity index (χ3n) is 9.35. The van der Waals surface area contributed by atoms with Crippen molar-refractivity contribution in [2.45, 2.75) is 207 Å². The average molecular weight is 793 g/mol. The highest BCUT2D eigenvalue weighted by Gasteiger charge is 2.19. The van der Waals surface area contributed by atoms with Crippen molar-refractivity contribution < 1.29 is 28.6 Å². The molecule has 0 aliphatic rings. The highest BCUT2D eigenvalue weighted by Crippen LogP contribution is 2.12. The number of allylic oxidation sites excluding steroid dienone is 14. The fourth-order valence-electron chi connectivity index (χ4n) is 5.86. The van der Waals surface area contributed by atoms with Gasteiger partial charge in [0.25, 0.3) is 0 Å². The lowest BCUT2D eigenvalue weighted by Crippen LogP contribution is -2.30. The van der Waals surface area contributed by atoms with Crippen LogP contribution in [-0.4, -0.2) is 37.2 Å². The molecule has 0 aromatic rings. The van der Waals surface area contributed by atoms with Gasteiger partial charge >= 0.3 is 17.9 Å². The first kappa shape index (κ1) is 53.6. The van der Waals surface area contributed by atoms with E-state index in [1.54, 1.807) is 0 Å². The number of hydrogen-bond acceptors (Lipinski definition) is 6. The Hall–Kier alpha value is -3.41. The second kappa shape index (κ2) is 45.3. The van der Waals surface area contributed by atoms with Crippen LogP contribution in [-0.2, 0) is 28.6 Å². The van der Waals surface area contributed by atoms with Crippen LogP contribution >= 0.6 is 0 Å². The van der Waals surface area contributed by atoms with Gasteiger partial charge in [0, 0.05) is 19.3 Å². The lowest BCUT2D eigenvalue weighted by molar-refractivity contribution is -0.167. The molecule has 0 spiro atoms. The molecule has 0 N–H and O–H groups in total. The lowest BCUT2D eigenvalue weighted by Gasteiger charge is -2.18. The minimum atomic E-state index is -0.808. The normalized spacial score (nSPS) is 12.8. The summed E-state index contributed by atoms with van der Waals surface area (Å²) in [5.74, 6) is -1.00. The predicted molar refractivity (Wildman–Crippen MR) is 242 cm³/mol. The molecule has 0 fully saturated rings. The summed E-state index contributed by atoms with van der Waals surface area (Å²) in [6.45, 7) is 6.36. The Bertz CT molecular complexity index is 1140. The molecule has 0 aliphatic heterocycles. The van der Waals surface area contributed by atoms with Crippen LogP contribution < -0.4 is 0 Å². The van der Waals surface area contributed by atoms with E-state index in [2.05, 4.69) is 106 Å². The summed E-state index contributed by atoms with van der Waals surface area (Å²) in [5.41, 5.74) is 0. The summed E-state index contributed by atoms with van der Waals surface area (Å²) in [4.78, 5) is 37.7. The van der Waals surface area contributed by atoms with E-state index in [1.807, 2.05) is 0 Å². The molecule has 0 rings (SSSR count). The van der Waals surface area contributed by atoms with Gasteiger partial charge in [0.15, 0.2) is 6.10 Å². The first-order valence-electron chi connectivity index (χ1n) is 23.1. The fourth-order valence-corrected chi connectivity index (χ4v) is 5.86. The molecule has 57 heavy (non-hydrogen) atoms. The summed E-state index contributed by atoms with van der Waals surface area (Å²) in [6, 6.07) is 0. The Balaban J connectivity index is 4.49. The fraction of sp³-hybridized carbons (Fsp3) is 0.667. The Morgan fingerprint density at radius 2 is 0.719 bits per heavy atom. The molecule has 0 aliphatic carbocycles. The van der Waals surface area contributed by atoms with E-state index in [9.17, 15) is 14.4 Å². The first-order valence-corrected chi connectivity index (χ1v) is 23.1. The van der Waals surface area contributed by atoms with Crippen molar-refractivity contribution in [3.63, 3.8) is 0 Å². The third-order valence-corrected chi connectivity index (χ3v) is 9.35. The Labute approximate surface area is 350 Å². The van der Waals surface area contributed by atoms with Crippen LogP contribution in [0.1, 0.15) is 201 Å². The number of esters is 3. The van der Waals surface area contributed by atoms with E-state index in [-0.39, 0.29) is 37.5 Å². The largest absolute Gasteiger partial charge is 0.462 e. The van der Waals surface area contributed by atoms with Gasteiger partial charge in [0.2, 0.25) is 0 Å². The molecule has 0 saturated heterocycles. The lowest BCUT2D eigenvalue weighted by atomic mass is 10.1. The van der Waals surface area contributed by atoms with Crippen molar-refractivity contribution in [1.29, 1.82) is 0 Å². The van der Waals surface area contributed by atoms with Crippen molar-refractivity contribution in [3.05, 3.63) is 85.1 Å². The van der Waals surface area contributed by atoms with Gasteiger partial charge in [-0.15, -0.1) is 0 Å². The van der Waals surface area contributed by atoms with Gasteiger partial charge in [0.05, 0.1) is 0 Å². The van der Waals surface area contributed by atoms with Gasteiger partial charge in [-0.25, -0.2) is 0 Å². The monoisotopic (exact) mass is 793 g/mol. The van der Waals surface area contributed by atoms with Crippen LogP contribution in [0, 0.1) is 0 Å². The van der Waals surface area contributed by atoms with Crippen molar-refractivity contribution in [1.82, 2.24) is 0 Å². The molecule has 0 radical (unpaired) electrons. The molecule has 6 heteroatoms. The summed E-state index contributed by atoms with van der Waals surface area (Å²) >= 11 is 0. The molecule has 6 nitrogen and oxygen atoms in total. The highest BCUT2D eigenvalue weighted by molar-refractivity contribution is 5.71. The van der Waals surface area contributed by atoms with Gasteiger partial charge in [-0.2, -0.15) is 0 Å². The summed E-state index contributed by atoms with van der Waals surface area (Å²) in [7, 11) is 0. The maximum absolute atomic E-state index is 12.7. The zero-order valence-corrected chi connectivity index (χ0v) is 36.8. The number of unbranched alkanes of at least 4 members (excludes halogenated alkanes) is 15. The Morgan fingerprint density at radius 1 is 0.368 bits per heavy atom. The van der Waals surface area contributed by atoms with Gasteiger partial charge in [-0.05, 0) is 103 Å². The topological polar surface area (TPSA) is 78.9 Å². The standard InChI is InChI=1S/C51H84O6/c1-4-7-10-13-16-19-22-24-25-26-27-28-30-32-35-38-41-44-50(53)56-47-48(46-55-49(52)43-40-37-34-31-21-18-15-12-9-6-3)57-51(54)45-42-39-36-33-29-23-20-17-14-11-8-5-2/h8,11,15-20,24-25,27-28,32,35,48H,4-7,9-10,12-14,21-23,26,29-31,33-34,36-47H2,1-3H3/b11-8-,18-15-,19-16-,20-17-,25-24-,28-27-,35-32-. The van der Waals surface area contributed by atoms with Gasteiger partial charge in [-0.1, -0.05) is 164 Å². The second-order valence-electron chi connectivity index (χ2n) is 14.9. The molecule has 0 saturated carbocycles. The van der Waals surface area contributed by atoms with Crippen molar-refractivity contribution in [2.75, 3.05) is 13.2 Å². The van der Waals surface area contributed by atoms with Gasteiger partial charge in [-0.3, -0.25) is 14.4 Å². The van der Waals surface area contributed by atoms with Crippen LogP contribution in [0.4, 0.5) is 0 Å². The van der Waals surface area contributed by atoms with Crippen LogP contribution in [0.2, 0.25) is 0 Å². The van der Waals surface area contributed by atoms with Crippen LogP contribution in [0.5, 0.6) is 0 Å². The molecule has 0 aromatic carbocycles. The minimum absolute atomic E-state index is 0.107. The first-order chi connectivity index (χ1) is 28.0. The van der Waals surface area contributed by atoms with E-state index >= 15 is 0 Å². The number of hydrogen-bond donors (Lipinski definition) is 0. The molecule has 0 heterocycles. The van der Waals surface area contributed by atoms with Crippen LogP contribution in [0.15, 0.2) is 85.1 Å². The third kappa shape index (κ3) is 43.6. The van der Waals surface area contributed by atoms with E-state index in [0.29, 0.717) is 19.3 Å². The van der Waals surface area contributed by atoms with Crippen molar-refractivity contribution in [2.24, 2.45) is 0 Å². The summed E-state index contributed by atoms with van der Waals surface area (Å²) in [5, 5.41) is 0. The number of ether oxygens (including phenoxy) is 3. The number of carbonyl (C=O) groups is 3. The smallest absolute Gasteiger partial charge is 0.306 e. The van der Waals surface area contributed by atoms with Crippen LogP contribution in [0.25, 0.3) is 0 Å². The van der Waals surface area contributed by atoms with Gasteiger partial charge < -0.3 is 14.2 Å². The minimum Gasteiger partial charge on any atom is -0.462 e. The van der Waals surface area contributed by atoms with Gasteiger partial charge in [0.1, 0.15) is 13.2 Å². The maximum atomic E-state index is 12.7. The zero-order valence-electron chi connectivity index (χ0n) is 36.8. The van der Waals surface area contributed by atoms with Crippen LogP contribution in [0.3, 0.4) is 0 Å². The second-order valence-corrected chi connectivity index (χ2v) is 14.9. The Kier molecular flexibility index (Phi) is 42.6. The molecule has 1 unspecified atom stereocenters. The van der Waals surface area contributed by atoms with E-state index in [0.717, 1.165) is 116 Å². The maximum Gasteiger partial charge on any atom is 0.306 e. The molecule has 0 amide bonds. The molecular formula is C51H84O6. The number of carbonyl (C=O) groups excluding carboxylic acids is 3. The molecular weight excluding hydrogens is 709 g/mol.